The van der Waals surface area contributed by atoms with Gasteiger partial charge in [0.1, 0.15) is 13.2 Å². The van der Waals surface area contributed by atoms with E-state index in [2.05, 4.69) is 25.8 Å². The third-order valence-electron chi connectivity index (χ3n) is 4.02. The van der Waals surface area contributed by atoms with Gasteiger partial charge in [0.15, 0.2) is 5.75 Å². The molecule has 0 aromatic carbocycles. The highest BCUT2D eigenvalue weighted by Crippen LogP contribution is 2.40. The van der Waals surface area contributed by atoms with E-state index in [1.54, 1.807) is 6.20 Å². The van der Waals surface area contributed by atoms with Crippen molar-refractivity contribution in [2.75, 3.05) is 19.8 Å². The summed E-state index contributed by atoms with van der Waals surface area (Å²) in [6.45, 7) is 8.51. The average molecular weight is 250 g/mol. The first-order valence-corrected chi connectivity index (χ1v) is 6.59. The van der Waals surface area contributed by atoms with Crippen LogP contribution in [0.15, 0.2) is 12.3 Å². The molecule has 0 amide bonds. The lowest BCUT2D eigenvalue weighted by molar-refractivity contribution is 0.160. The number of rotatable bonds is 4. The summed E-state index contributed by atoms with van der Waals surface area (Å²) >= 11 is 0. The third-order valence-corrected chi connectivity index (χ3v) is 4.02. The number of fused-ring (bicyclic) bond motifs is 1. The Kier molecular flexibility index (Phi) is 4.07. The van der Waals surface area contributed by atoms with E-state index < -0.39 is 0 Å². The molecule has 2 N–H and O–H groups in total. The second-order valence-corrected chi connectivity index (χ2v) is 5.09. The summed E-state index contributed by atoms with van der Waals surface area (Å²) in [4.78, 5) is 4.21. The summed E-state index contributed by atoms with van der Waals surface area (Å²) in [5.41, 5.74) is 6.93. The van der Waals surface area contributed by atoms with Crippen molar-refractivity contribution in [3.8, 4) is 11.6 Å². The van der Waals surface area contributed by atoms with E-state index in [9.17, 15) is 0 Å². The van der Waals surface area contributed by atoms with Gasteiger partial charge in [0.2, 0.25) is 0 Å². The van der Waals surface area contributed by atoms with Crippen molar-refractivity contribution in [1.82, 2.24) is 4.98 Å². The average Bonchev–Trinajstić information content (AvgIpc) is 2.44. The van der Waals surface area contributed by atoms with E-state index >= 15 is 0 Å². The van der Waals surface area contributed by atoms with Gasteiger partial charge in [-0.25, -0.2) is 4.98 Å². The van der Waals surface area contributed by atoms with Crippen LogP contribution in [0.3, 0.4) is 0 Å². The molecule has 1 aliphatic heterocycles. The van der Waals surface area contributed by atoms with Crippen LogP contribution in [0.2, 0.25) is 0 Å². The lowest BCUT2D eigenvalue weighted by atomic mass is 9.81. The summed E-state index contributed by atoms with van der Waals surface area (Å²) in [5.74, 6) is 2.79. The number of hydrogen-bond acceptors (Lipinski definition) is 4. The predicted octanol–water partition coefficient (Wildman–Crippen LogP) is 2.19. The van der Waals surface area contributed by atoms with Gasteiger partial charge in [-0.3, -0.25) is 0 Å². The molecule has 1 aliphatic rings. The zero-order valence-electron chi connectivity index (χ0n) is 11.3. The highest BCUT2D eigenvalue weighted by Gasteiger charge is 2.26. The molecule has 0 saturated carbocycles. The lowest BCUT2D eigenvalue weighted by Crippen LogP contribution is -2.24. The minimum absolute atomic E-state index is 0.377. The molecule has 0 fully saturated rings. The molecular weight excluding hydrogens is 228 g/mol. The normalized spacial score (nSPS) is 19.1. The Morgan fingerprint density at radius 1 is 1.28 bits per heavy atom. The molecule has 0 spiro atoms. The van der Waals surface area contributed by atoms with Crippen molar-refractivity contribution >= 4 is 0 Å². The van der Waals surface area contributed by atoms with Crippen LogP contribution in [0.5, 0.6) is 11.6 Å². The van der Waals surface area contributed by atoms with Gasteiger partial charge in [0.05, 0.1) is 0 Å². The van der Waals surface area contributed by atoms with E-state index in [1.807, 2.05) is 6.07 Å². The van der Waals surface area contributed by atoms with Crippen LogP contribution in [0, 0.1) is 11.8 Å². The van der Waals surface area contributed by atoms with Crippen LogP contribution in [-0.4, -0.2) is 24.7 Å². The van der Waals surface area contributed by atoms with E-state index in [0.717, 1.165) is 5.75 Å². The molecule has 0 aliphatic carbocycles. The first-order valence-electron chi connectivity index (χ1n) is 6.59. The summed E-state index contributed by atoms with van der Waals surface area (Å²) in [6, 6.07) is 2.03. The Morgan fingerprint density at radius 3 is 2.72 bits per heavy atom. The highest BCUT2D eigenvalue weighted by atomic mass is 16.6. The quantitative estimate of drug-likeness (QED) is 0.890. The van der Waals surface area contributed by atoms with Crippen LogP contribution < -0.4 is 15.2 Å². The molecule has 0 saturated heterocycles. The van der Waals surface area contributed by atoms with Crippen molar-refractivity contribution < 1.29 is 9.47 Å². The van der Waals surface area contributed by atoms with Gasteiger partial charge in [-0.15, -0.1) is 0 Å². The minimum Gasteiger partial charge on any atom is -0.484 e. The Bertz CT molecular complexity index is 409. The van der Waals surface area contributed by atoms with Gasteiger partial charge in [0.25, 0.3) is 5.88 Å². The Hall–Kier alpha value is -1.29. The fourth-order valence-electron chi connectivity index (χ4n) is 2.32. The molecule has 18 heavy (non-hydrogen) atoms. The van der Waals surface area contributed by atoms with Gasteiger partial charge in [-0.1, -0.05) is 20.8 Å². The zero-order chi connectivity index (χ0) is 13.1. The van der Waals surface area contributed by atoms with E-state index in [1.165, 1.54) is 5.56 Å². The number of aromatic nitrogens is 1. The third kappa shape index (κ3) is 2.43. The monoisotopic (exact) mass is 250 g/mol. The van der Waals surface area contributed by atoms with Crippen molar-refractivity contribution in [2.45, 2.75) is 26.7 Å². The Balaban J connectivity index is 2.27. The zero-order valence-corrected chi connectivity index (χ0v) is 11.3. The van der Waals surface area contributed by atoms with Gasteiger partial charge in [0, 0.05) is 11.8 Å². The standard InChI is InChI=1S/C14H22N2O2/c1-9(8-15)10(2)11(3)12-4-5-16-14-13(12)17-6-7-18-14/h4-5,9-11H,6-8,15H2,1-3H3. The fourth-order valence-corrected chi connectivity index (χ4v) is 2.32. The molecule has 2 rings (SSSR count). The smallest absolute Gasteiger partial charge is 0.257 e. The minimum atomic E-state index is 0.377. The maximum absolute atomic E-state index is 5.76. The maximum atomic E-state index is 5.76. The van der Waals surface area contributed by atoms with Gasteiger partial charge >= 0.3 is 0 Å². The molecule has 4 heteroatoms. The summed E-state index contributed by atoms with van der Waals surface area (Å²) in [7, 11) is 0. The first-order chi connectivity index (χ1) is 8.65. The van der Waals surface area contributed by atoms with Crippen molar-refractivity contribution in [1.29, 1.82) is 0 Å². The molecular formula is C14H22N2O2. The van der Waals surface area contributed by atoms with Crippen molar-refractivity contribution in [3.63, 3.8) is 0 Å². The Labute approximate surface area is 108 Å². The van der Waals surface area contributed by atoms with Crippen molar-refractivity contribution in [2.24, 2.45) is 17.6 Å². The lowest BCUT2D eigenvalue weighted by Gasteiger charge is -2.28. The first kappa shape index (κ1) is 13.1. The molecule has 3 unspecified atom stereocenters. The maximum Gasteiger partial charge on any atom is 0.257 e. The molecule has 2 heterocycles. The van der Waals surface area contributed by atoms with Crippen LogP contribution >= 0.6 is 0 Å². The Morgan fingerprint density at radius 2 is 2.00 bits per heavy atom. The van der Waals surface area contributed by atoms with E-state index in [0.29, 0.717) is 43.4 Å². The number of hydrogen-bond donors (Lipinski definition) is 1. The van der Waals surface area contributed by atoms with Gasteiger partial charge < -0.3 is 15.2 Å². The van der Waals surface area contributed by atoms with E-state index in [-0.39, 0.29) is 0 Å². The molecule has 1 aromatic heterocycles. The fraction of sp³-hybridized carbons (Fsp3) is 0.643. The second-order valence-electron chi connectivity index (χ2n) is 5.09. The van der Waals surface area contributed by atoms with Crippen LogP contribution in [0.25, 0.3) is 0 Å². The molecule has 100 valence electrons. The molecule has 0 bridgehead atoms. The number of nitrogens with zero attached hydrogens (tertiary/aromatic N) is 1. The SMILES string of the molecule is CC(CN)C(C)C(C)c1ccnc2c1OCCO2. The van der Waals surface area contributed by atoms with Crippen LogP contribution in [0.1, 0.15) is 32.3 Å². The topological polar surface area (TPSA) is 57.4 Å². The summed E-state index contributed by atoms with van der Waals surface area (Å²) in [5, 5.41) is 0. The summed E-state index contributed by atoms with van der Waals surface area (Å²) < 4.78 is 11.2. The van der Waals surface area contributed by atoms with Crippen molar-refractivity contribution in [3.05, 3.63) is 17.8 Å². The molecule has 0 radical (unpaired) electrons. The van der Waals surface area contributed by atoms with E-state index in [4.69, 9.17) is 15.2 Å². The number of pyridine rings is 1. The predicted molar refractivity (Wildman–Crippen MR) is 71.0 cm³/mol. The van der Waals surface area contributed by atoms with Crippen LogP contribution in [0.4, 0.5) is 0 Å². The summed E-state index contributed by atoms with van der Waals surface area (Å²) in [6.07, 6.45) is 1.79. The van der Waals surface area contributed by atoms with Gasteiger partial charge in [-0.2, -0.15) is 0 Å². The van der Waals surface area contributed by atoms with Gasteiger partial charge in [-0.05, 0) is 30.4 Å². The number of ether oxygens (including phenoxy) is 2. The largest absolute Gasteiger partial charge is 0.484 e. The molecule has 1 aromatic rings. The number of nitrogens with two attached hydrogens (primary N) is 1. The molecule has 3 atom stereocenters. The highest BCUT2D eigenvalue weighted by molar-refractivity contribution is 5.44. The molecule has 4 nitrogen and oxygen atoms in total. The second kappa shape index (κ2) is 5.57. The van der Waals surface area contributed by atoms with Crippen LogP contribution in [-0.2, 0) is 0 Å².